The molecule has 1 aromatic heterocycles. The van der Waals surface area contributed by atoms with E-state index in [2.05, 4.69) is 10.3 Å². The summed E-state index contributed by atoms with van der Waals surface area (Å²) in [4.78, 5) is 30.6. The summed E-state index contributed by atoms with van der Waals surface area (Å²) in [7, 11) is 0. The third kappa shape index (κ3) is 4.11. The van der Waals surface area contributed by atoms with Crippen molar-refractivity contribution in [2.45, 2.75) is 19.9 Å². The largest absolute Gasteiger partial charge is 0.321 e. The summed E-state index contributed by atoms with van der Waals surface area (Å²) in [5, 5.41) is 3.75. The molecular formula is C24H18Cl2FN3O2. The van der Waals surface area contributed by atoms with Gasteiger partial charge in [0.15, 0.2) is 0 Å². The second-order valence-electron chi connectivity index (χ2n) is 7.41. The van der Waals surface area contributed by atoms with Gasteiger partial charge in [-0.15, -0.1) is 0 Å². The molecule has 4 rings (SSSR count). The molecule has 8 heteroatoms. The normalized spacial score (nSPS) is 12.0. The van der Waals surface area contributed by atoms with Crippen LogP contribution in [0.2, 0.25) is 10.0 Å². The zero-order chi connectivity index (χ0) is 23.0. The number of carbonyl (C=O) groups is 1. The number of aromatic nitrogens is 2. The van der Waals surface area contributed by atoms with E-state index in [1.165, 1.54) is 35.2 Å². The van der Waals surface area contributed by atoms with E-state index >= 15 is 0 Å². The van der Waals surface area contributed by atoms with Gasteiger partial charge in [-0.25, -0.2) is 9.37 Å². The Kier molecular flexibility index (Phi) is 6.00. The Balaban J connectivity index is 1.77. The molecule has 0 saturated carbocycles. The Hall–Kier alpha value is -3.22. The van der Waals surface area contributed by atoms with Crippen molar-refractivity contribution in [2.24, 2.45) is 0 Å². The third-order valence-corrected chi connectivity index (χ3v) is 6.14. The van der Waals surface area contributed by atoms with Crippen molar-refractivity contribution in [2.75, 3.05) is 5.32 Å². The summed E-state index contributed by atoms with van der Waals surface area (Å²) >= 11 is 12.3. The Morgan fingerprint density at radius 2 is 1.78 bits per heavy atom. The lowest BCUT2D eigenvalue weighted by atomic mass is 10.1. The molecule has 0 spiro atoms. The molecule has 0 fully saturated rings. The fraction of sp³-hybridized carbons (Fsp3) is 0.125. The third-order valence-electron chi connectivity index (χ3n) is 5.35. The quantitative estimate of drug-likeness (QED) is 0.397. The molecule has 1 heterocycles. The van der Waals surface area contributed by atoms with Crippen LogP contribution in [-0.2, 0) is 0 Å². The minimum Gasteiger partial charge on any atom is -0.321 e. The molecule has 32 heavy (non-hydrogen) atoms. The van der Waals surface area contributed by atoms with Crippen molar-refractivity contribution in [1.82, 2.24) is 9.55 Å². The van der Waals surface area contributed by atoms with Crippen LogP contribution in [0.1, 0.15) is 34.5 Å². The van der Waals surface area contributed by atoms with E-state index in [0.717, 1.165) is 0 Å². The molecule has 4 aromatic rings. The molecule has 0 saturated heterocycles. The first-order chi connectivity index (χ1) is 15.3. The van der Waals surface area contributed by atoms with Crippen LogP contribution in [0.4, 0.5) is 10.1 Å². The standard InChI is InChI=1S/C24H18Cl2FN3O2/c1-13-18(25)10-16(11-19(13)26)23(31)29-21-8-4-7-20-22(21)24(32)30(12-28-20)14(2)15-5-3-6-17(27)9-15/h3-12,14H,1-2H3,(H,29,31)/t14-/m0/s1. The molecular weight excluding hydrogens is 452 g/mol. The number of halogens is 3. The molecule has 0 bridgehead atoms. The van der Waals surface area contributed by atoms with Crippen LogP contribution in [0.5, 0.6) is 0 Å². The molecule has 0 unspecified atom stereocenters. The maximum atomic E-state index is 13.7. The van der Waals surface area contributed by atoms with E-state index in [1.54, 1.807) is 44.2 Å². The predicted octanol–water partition coefficient (Wildman–Crippen LogP) is 6.01. The first kappa shape index (κ1) is 22.0. The van der Waals surface area contributed by atoms with Crippen molar-refractivity contribution >= 4 is 45.7 Å². The highest BCUT2D eigenvalue weighted by molar-refractivity contribution is 6.36. The van der Waals surface area contributed by atoms with E-state index in [-0.39, 0.29) is 22.3 Å². The highest BCUT2D eigenvalue weighted by atomic mass is 35.5. The van der Waals surface area contributed by atoms with Crippen LogP contribution >= 0.6 is 23.2 Å². The minimum atomic E-state index is -0.464. The molecule has 0 aliphatic rings. The number of hydrogen-bond acceptors (Lipinski definition) is 3. The summed E-state index contributed by atoms with van der Waals surface area (Å²) < 4.78 is 15.1. The summed E-state index contributed by atoms with van der Waals surface area (Å²) in [6.07, 6.45) is 1.42. The SMILES string of the molecule is Cc1c(Cl)cc(C(=O)Nc2cccc3ncn([C@@H](C)c4cccc(F)c4)c(=O)c23)cc1Cl. The Bertz CT molecular complexity index is 1400. The lowest BCUT2D eigenvalue weighted by Crippen LogP contribution is -2.25. The summed E-state index contributed by atoms with van der Waals surface area (Å²) in [5.74, 6) is -0.853. The van der Waals surface area contributed by atoms with E-state index in [0.29, 0.717) is 32.4 Å². The second-order valence-corrected chi connectivity index (χ2v) is 8.22. The van der Waals surface area contributed by atoms with Gasteiger partial charge in [-0.1, -0.05) is 41.4 Å². The zero-order valence-corrected chi connectivity index (χ0v) is 18.7. The van der Waals surface area contributed by atoms with Gasteiger partial charge < -0.3 is 5.32 Å². The fourth-order valence-electron chi connectivity index (χ4n) is 3.46. The van der Waals surface area contributed by atoms with Crippen LogP contribution in [0.3, 0.4) is 0 Å². The average molecular weight is 470 g/mol. The highest BCUT2D eigenvalue weighted by Gasteiger charge is 2.17. The predicted molar refractivity (Wildman–Crippen MR) is 125 cm³/mol. The van der Waals surface area contributed by atoms with Gasteiger partial charge in [0.2, 0.25) is 0 Å². The topological polar surface area (TPSA) is 64.0 Å². The zero-order valence-electron chi connectivity index (χ0n) is 17.2. The molecule has 162 valence electrons. The van der Waals surface area contributed by atoms with Crippen molar-refractivity contribution in [1.29, 1.82) is 0 Å². The number of anilines is 1. The first-order valence-corrected chi connectivity index (χ1v) is 10.5. The van der Waals surface area contributed by atoms with Crippen LogP contribution in [0.25, 0.3) is 10.9 Å². The number of benzene rings is 3. The summed E-state index contributed by atoms with van der Waals surface area (Å²) in [6, 6.07) is 13.6. The Morgan fingerprint density at radius 3 is 2.47 bits per heavy atom. The summed E-state index contributed by atoms with van der Waals surface area (Å²) in [5.41, 5.74) is 1.93. The summed E-state index contributed by atoms with van der Waals surface area (Å²) in [6.45, 7) is 3.53. The molecule has 3 aromatic carbocycles. The average Bonchev–Trinajstić information content (AvgIpc) is 2.77. The lowest BCUT2D eigenvalue weighted by Gasteiger charge is -2.17. The van der Waals surface area contributed by atoms with E-state index < -0.39 is 11.9 Å². The minimum absolute atomic E-state index is 0.246. The molecule has 1 N–H and O–H groups in total. The molecule has 0 aliphatic carbocycles. The number of nitrogens with zero attached hydrogens (tertiary/aromatic N) is 2. The highest BCUT2D eigenvalue weighted by Crippen LogP contribution is 2.27. The van der Waals surface area contributed by atoms with Crippen molar-refractivity contribution in [3.05, 3.63) is 104 Å². The van der Waals surface area contributed by atoms with Crippen molar-refractivity contribution < 1.29 is 9.18 Å². The van der Waals surface area contributed by atoms with Gasteiger partial charge in [0.25, 0.3) is 11.5 Å². The van der Waals surface area contributed by atoms with E-state index in [9.17, 15) is 14.0 Å². The van der Waals surface area contributed by atoms with E-state index in [1.807, 2.05) is 0 Å². The van der Waals surface area contributed by atoms with Gasteiger partial charge in [0.1, 0.15) is 5.82 Å². The van der Waals surface area contributed by atoms with Gasteiger partial charge in [-0.2, -0.15) is 0 Å². The van der Waals surface area contributed by atoms with Crippen molar-refractivity contribution in [3.63, 3.8) is 0 Å². The van der Waals surface area contributed by atoms with Gasteiger partial charge in [-0.3, -0.25) is 14.2 Å². The number of amides is 1. The second kappa shape index (κ2) is 8.73. The Morgan fingerprint density at radius 1 is 1.09 bits per heavy atom. The first-order valence-electron chi connectivity index (χ1n) is 9.78. The number of fused-ring (bicyclic) bond motifs is 1. The van der Waals surface area contributed by atoms with E-state index in [4.69, 9.17) is 23.2 Å². The molecule has 0 aliphatic heterocycles. The van der Waals surface area contributed by atoms with Crippen LogP contribution in [0.15, 0.2) is 65.7 Å². The van der Waals surface area contributed by atoms with Gasteiger partial charge in [0.05, 0.1) is 29.0 Å². The van der Waals surface area contributed by atoms with Gasteiger partial charge in [-0.05, 0) is 61.4 Å². The van der Waals surface area contributed by atoms with Crippen LogP contribution in [-0.4, -0.2) is 15.5 Å². The number of nitrogens with one attached hydrogen (secondary N) is 1. The number of hydrogen-bond donors (Lipinski definition) is 1. The van der Waals surface area contributed by atoms with Crippen LogP contribution < -0.4 is 10.9 Å². The molecule has 1 amide bonds. The molecule has 5 nitrogen and oxygen atoms in total. The van der Waals surface area contributed by atoms with Crippen LogP contribution in [0, 0.1) is 12.7 Å². The maximum Gasteiger partial charge on any atom is 0.263 e. The fourth-order valence-corrected chi connectivity index (χ4v) is 3.94. The smallest absolute Gasteiger partial charge is 0.263 e. The number of carbonyl (C=O) groups excluding carboxylic acids is 1. The van der Waals surface area contributed by atoms with Crippen molar-refractivity contribution in [3.8, 4) is 0 Å². The number of rotatable bonds is 4. The molecule has 1 atom stereocenters. The van der Waals surface area contributed by atoms with Gasteiger partial charge >= 0.3 is 0 Å². The van der Waals surface area contributed by atoms with Gasteiger partial charge in [0, 0.05) is 15.6 Å². The maximum absolute atomic E-state index is 13.7. The molecule has 0 radical (unpaired) electrons. The monoisotopic (exact) mass is 469 g/mol. The Labute approximate surface area is 193 Å². The lowest BCUT2D eigenvalue weighted by molar-refractivity contribution is 0.102.